The van der Waals surface area contributed by atoms with Crippen molar-refractivity contribution in [3.8, 4) is 5.75 Å². The Morgan fingerprint density at radius 1 is 1.17 bits per heavy atom. The number of carbonyl (C=O) groups is 2. The quantitative estimate of drug-likeness (QED) is 0.589. The van der Waals surface area contributed by atoms with Gasteiger partial charge in [-0.3, -0.25) is 14.3 Å². The Morgan fingerprint density at radius 2 is 1.90 bits per heavy atom. The van der Waals surface area contributed by atoms with Crippen molar-refractivity contribution in [1.82, 2.24) is 15.1 Å². The van der Waals surface area contributed by atoms with Gasteiger partial charge in [0.25, 0.3) is 11.8 Å². The fraction of sp³-hybridized carbons (Fsp3) is 0.286. The molecule has 9 heteroatoms. The highest BCUT2D eigenvalue weighted by atomic mass is 19.1. The SMILES string of the molecule is CC(C)CNC(=O)c1c(NC(=O)c2ccc(COc3ccc(F)cc3)o2)cnn1C. The summed E-state index contributed by atoms with van der Waals surface area (Å²) in [6.45, 7) is 4.56. The molecular weight excluding hydrogens is 391 g/mol. The molecule has 2 amide bonds. The molecule has 1 aromatic carbocycles. The van der Waals surface area contributed by atoms with Gasteiger partial charge in [-0.25, -0.2) is 4.39 Å². The average Bonchev–Trinajstić information content (AvgIpc) is 3.32. The van der Waals surface area contributed by atoms with Gasteiger partial charge in [-0.05, 0) is 42.3 Å². The van der Waals surface area contributed by atoms with Crippen molar-refractivity contribution in [3.05, 3.63) is 65.6 Å². The van der Waals surface area contributed by atoms with E-state index in [4.69, 9.17) is 9.15 Å². The Morgan fingerprint density at radius 3 is 2.60 bits per heavy atom. The van der Waals surface area contributed by atoms with Crippen LogP contribution in [0.15, 0.2) is 47.0 Å². The number of nitrogens with one attached hydrogen (secondary N) is 2. The number of aromatic nitrogens is 2. The van der Waals surface area contributed by atoms with Gasteiger partial charge < -0.3 is 19.8 Å². The van der Waals surface area contributed by atoms with Crippen molar-refractivity contribution < 1.29 is 23.1 Å². The van der Waals surface area contributed by atoms with Crippen molar-refractivity contribution in [1.29, 1.82) is 0 Å². The predicted molar refractivity (Wildman–Crippen MR) is 108 cm³/mol. The molecule has 0 aliphatic heterocycles. The highest BCUT2D eigenvalue weighted by Crippen LogP contribution is 2.18. The van der Waals surface area contributed by atoms with Gasteiger partial charge in [0.05, 0.1) is 11.9 Å². The summed E-state index contributed by atoms with van der Waals surface area (Å²) in [6, 6.07) is 8.70. The maximum Gasteiger partial charge on any atom is 0.291 e. The summed E-state index contributed by atoms with van der Waals surface area (Å²) >= 11 is 0. The minimum absolute atomic E-state index is 0.0603. The van der Waals surface area contributed by atoms with E-state index in [2.05, 4.69) is 15.7 Å². The number of rotatable bonds is 8. The lowest BCUT2D eigenvalue weighted by Crippen LogP contribution is -2.30. The van der Waals surface area contributed by atoms with Crippen LogP contribution in [0.5, 0.6) is 5.75 Å². The number of hydrogen-bond donors (Lipinski definition) is 2. The zero-order chi connectivity index (χ0) is 21.7. The fourth-order valence-electron chi connectivity index (χ4n) is 2.63. The molecule has 0 radical (unpaired) electrons. The van der Waals surface area contributed by atoms with Crippen molar-refractivity contribution in [2.45, 2.75) is 20.5 Å². The average molecular weight is 414 g/mol. The minimum Gasteiger partial charge on any atom is -0.486 e. The number of nitrogens with zero attached hydrogens (tertiary/aromatic N) is 2. The first-order chi connectivity index (χ1) is 14.3. The molecule has 0 aliphatic rings. The molecular formula is C21H23FN4O4. The summed E-state index contributed by atoms with van der Waals surface area (Å²) < 4.78 is 25.3. The summed E-state index contributed by atoms with van der Waals surface area (Å²) in [4.78, 5) is 25.0. The van der Waals surface area contributed by atoms with E-state index in [9.17, 15) is 14.0 Å². The third-order valence-corrected chi connectivity index (χ3v) is 4.15. The van der Waals surface area contributed by atoms with Crippen LogP contribution in [0.1, 0.15) is 40.7 Å². The molecule has 3 rings (SSSR count). The number of ether oxygens (including phenoxy) is 1. The first-order valence-electron chi connectivity index (χ1n) is 9.42. The molecule has 3 aromatic rings. The molecule has 0 saturated heterocycles. The molecule has 0 saturated carbocycles. The molecule has 0 unspecified atom stereocenters. The number of furan rings is 1. The van der Waals surface area contributed by atoms with Crippen LogP contribution in [-0.4, -0.2) is 28.1 Å². The van der Waals surface area contributed by atoms with E-state index in [-0.39, 0.29) is 35.5 Å². The summed E-state index contributed by atoms with van der Waals surface area (Å²) in [6.07, 6.45) is 1.41. The number of carbonyl (C=O) groups excluding carboxylic acids is 2. The molecule has 2 heterocycles. The van der Waals surface area contributed by atoms with E-state index in [1.807, 2.05) is 13.8 Å². The second-order valence-electron chi connectivity index (χ2n) is 7.10. The van der Waals surface area contributed by atoms with Crippen LogP contribution in [0.4, 0.5) is 10.1 Å². The van der Waals surface area contributed by atoms with Gasteiger partial charge in [0.1, 0.15) is 29.6 Å². The van der Waals surface area contributed by atoms with E-state index < -0.39 is 5.91 Å². The van der Waals surface area contributed by atoms with Gasteiger partial charge >= 0.3 is 0 Å². The number of benzene rings is 1. The van der Waals surface area contributed by atoms with Gasteiger partial charge in [-0.1, -0.05) is 13.8 Å². The van der Waals surface area contributed by atoms with E-state index in [0.717, 1.165) is 0 Å². The van der Waals surface area contributed by atoms with Gasteiger partial charge in [-0.2, -0.15) is 5.10 Å². The zero-order valence-electron chi connectivity index (χ0n) is 16.9. The Kier molecular flexibility index (Phi) is 6.51. The second-order valence-corrected chi connectivity index (χ2v) is 7.10. The predicted octanol–water partition coefficient (Wildman–Crippen LogP) is 3.37. The lowest BCUT2D eigenvalue weighted by atomic mass is 10.2. The highest BCUT2D eigenvalue weighted by molar-refractivity contribution is 6.07. The Labute approximate surface area is 173 Å². The van der Waals surface area contributed by atoms with Crippen molar-refractivity contribution >= 4 is 17.5 Å². The molecule has 158 valence electrons. The molecule has 0 aliphatic carbocycles. The molecule has 2 aromatic heterocycles. The number of hydrogen-bond acceptors (Lipinski definition) is 5. The summed E-state index contributed by atoms with van der Waals surface area (Å²) in [7, 11) is 1.62. The summed E-state index contributed by atoms with van der Waals surface area (Å²) in [5, 5.41) is 9.50. The van der Waals surface area contributed by atoms with Gasteiger partial charge in [-0.15, -0.1) is 0 Å². The van der Waals surface area contributed by atoms with Crippen LogP contribution in [-0.2, 0) is 13.7 Å². The molecule has 0 atom stereocenters. The smallest absolute Gasteiger partial charge is 0.291 e. The Hall–Kier alpha value is -3.62. The third kappa shape index (κ3) is 5.25. The van der Waals surface area contributed by atoms with E-state index in [0.29, 0.717) is 24.0 Å². The van der Waals surface area contributed by atoms with Crippen LogP contribution >= 0.6 is 0 Å². The largest absolute Gasteiger partial charge is 0.486 e. The standard InChI is InChI=1S/C21H23FN4O4/c1-13(2)10-23-21(28)19-17(11-24-26(19)3)25-20(27)18-9-8-16(30-18)12-29-15-6-4-14(22)5-7-15/h4-9,11,13H,10,12H2,1-3H3,(H,23,28)(H,25,27). The van der Waals surface area contributed by atoms with Crippen LogP contribution in [0, 0.1) is 11.7 Å². The van der Waals surface area contributed by atoms with E-state index in [1.54, 1.807) is 13.1 Å². The van der Waals surface area contributed by atoms with E-state index >= 15 is 0 Å². The first-order valence-corrected chi connectivity index (χ1v) is 9.42. The van der Waals surface area contributed by atoms with Crippen LogP contribution in [0.3, 0.4) is 0 Å². The van der Waals surface area contributed by atoms with Gasteiger partial charge in [0.15, 0.2) is 5.76 Å². The number of amides is 2. The minimum atomic E-state index is -0.519. The maximum atomic E-state index is 12.9. The topological polar surface area (TPSA) is 98.4 Å². The first kappa shape index (κ1) is 21.1. The number of aryl methyl sites for hydroxylation is 1. The molecule has 0 fully saturated rings. The number of halogens is 1. The van der Waals surface area contributed by atoms with Crippen LogP contribution < -0.4 is 15.4 Å². The lowest BCUT2D eigenvalue weighted by Gasteiger charge is -2.10. The maximum absolute atomic E-state index is 12.9. The van der Waals surface area contributed by atoms with Crippen molar-refractivity contribution in [2.24, 2.45) is 13.0 Å². The normalized spacial score (nSPS) is 10.8. The van der Waals surface area contributed by atoms with Crippen LogP contribution in [0.2, 0.25) is 0 Å². The summed E-state index contributed by atoms with van der Waals surface area (Å²) in [5.41, 5.74) is 0.527. The highest BCUT2D eigenvalue weighted by Gasteiger charge is 2.20. The second kappa shape index (κ2) is 9.25. The van der Waals surface area contributed by atoms with Crippen LogP contribution in [0.25, 0.3) is 0 Å². The van der Waals surface area contributed by atoms with Gasteiger partial charge in [0, 0.05) is 13.6 Å². The van der Waals surface area contributed by atoms with E-state index in [1.165, 1.54) is 41.2 Å². The molecule has 0 bridgehead atoms. The lowest BCUT2D eigenvalue weighted by molar-refractivity contribution is 0.0940. The van der Waals surface area contributed by atoms with Crippen molar-refractivity contribution in [2.75, 3.05) is 11.9 Å². The zero-order valence-corrected chi connectivity index (χ0v) is 16.9. The molecule has 30 heavy (non-hydrogen) atoms. The summed E-state index contributed by atoms with van der Waals surface area (Å²) in [5.74, 6) is 0.0495. The number of anilines is 1. The Balaban J connectivity index is 1.63. The molecule has 8 nitrogen and oxygen atoms in total. The Bertz CT molecular complexity index is 1020. The molecule has 0 spiro atoms. The van der Waals surface area contributed by atoms with Gasteiger partial charge in [0.2, 0.25) is 0 Å². The monoisotopic (exact) mass is 414 g/mol. The fourth-order valence-corrected chi connectivity index (χ4v) is 2.63. The molecule has 2 N–H and O–H groups in total. The van der Waals surface area contributed by atoms with Crippen molar-refractivity contribution in [3.63, 3.8) is 0 Å². The third-order valence-electron chi connectivity index (χ3n) is 4.15.